The van der Waals surface area contributed by atoms with Crippen LogP contribution in [0.2, 0.25) is 0 Å². The molecule has 0 saturated carbocycles. The van der Waals surface area contributed by atoms with E-state index in [1.54, 1.807) is 35.4 Å². The Morgan fingerprint density at radius 2 is 2.11 bits per heavy atom. The van der Waals surface area contributed by atoms with Gasteiger partial charge in [-0.3, -0.25) is 4.79 Å². The number of methoxy groups -OCH3 is 1. The van der Waals surface area contributed by atoms with Gasteiger partial charge in [0.2, 0.25) is 11.1 Å². The first kappa shape index (κ1) is 23.4. The van der Waals surface area contributed by atoms with Crippen molar-refractivity contribution in [1.29, 1.82) is 0 Å². The zero-order valence-corrected chi connectivity index (χ0v) is 19.8. The summed E-state index contributed by atoms with van der Waals surface area (Å²) in [5, 5.41) is 20.8. The topological polar surface area (TPSA) is 109 Å². The number of hydrogen-bond donors (Lipinski definition) is 1. The quantitative estimate of drug-likeness (QED) is 0.468. The molecule has 1 aromatic carbocycles. The number of anilines is 3. The maximum Gasteiger partial charge on any atom is 0.282 e. The molecule has 35 heavy (non-hydrogen) atoms. The monoisotopic (exact) mass is 502 g/mol. The number of carbonyl (C=O) groups excluding carboxylic acids is 1. The third-order valence-electron chi connectivity index (χ3n) is 5.97. The number of halogens is 2. The van der Waals surface area contributed by atoms with Crippen molar-refractivity contribution in [2.75, 3.05) is 48.4 Å². The summed E-state index contributed by atoms with van der Waals surface area (Å²) in [7, 11) is 1.46. The van der Waals surface area contributed by atoms with Crippen LogP contribution in [0.1, 0.15) is 23.1 Å². The van der Waals surface area contributed by atoms with Gasteiger partial charge in [0.05, 0.1) is 31.9 Å². The lowest BCUT2D eigenvalue weighted by molar-refractivity contribution is -0.128. The van der Waals surface area contributed by atoms with Crippen LogP contribution >= 0.6 is 11.3 Å². The van der Waals surface area contributed by atoms with E-state index in [2.05, 4.69) is 35.6 Å². The highest BCUT2D eigenvalue weighted by atomic mass is 32.1. The van der Waals surface area contributed by atoms with Crippen molar-refractivity contribution in [2.24, 2.45) is 0 Å². The van der Waals surface area contributed by atoms with Crippen molar-refractivity contribution in [2.45, 2.75) is 30.9 Å². The van der Waals surface area contributed by atoms with E-state index in [9.17, 15) is 13.6 Å². The van der Waals surface area contributed by atoms with Gasteiger partial charge in [-0.05, 0) is 24.1 Å². The molecule has 184 valence electrons. The molecule has 0 spiro atoms. The Kier molecular flexibility index (Phi) is 6.52. The zero-order chi connectivity index (χ0) is 24.4. The number of rotatable bonds is 9. The zero-order valence-electron chi connectivity index (χ0n) is 19.0. The molecule has 5 rings (SSSR count). The van der Waals surface area contributed by atoms with Gasteiger partial charge in [-0.25, -0.2) is 13.8 Å². The molecule has 2 aliphatic rings. The molecule has 0 aliphatic carbocycles. The molecule has 0 amide bonds. The minimum absolute atomic E-state index is 0.0597. The number of ether oxygens (including phenoxy) is 1. The summed E-state index contributed by atoms with van der Waals surface area (Å²) in [4.78, 5) is 20.9. The number of aromatic nitrogens is 5. The van der Waals surface area contributed by atoms with E-state index in [0.29, 0.717) is 33.9 Å². The molecule has 3 aromatic rings. The van der Waals surface area contributed by atoms with E-state index >= 15 is 0 Å². The number of carbonyl (C=O) groups is 1. The van der Waals surface area contributed by atoms with Gasteiger partial charge in [0.15, 0.2) is 5.78 Å². The highest BCUT2D eigenvalue weighted by molar-refractivity contribution is 7.15. The van der Waals surface area contributed by atoms with Crippen LogP contribution < -0.4 is 15.1 Å². The van der Waals surface area contributed by atoms with Gasteiger partial charge >= 0.3 is 0 Å². The highest BCUT2D eigenvalue weighted by Crippen LogP contribution is 2.33. The van der Waals surface area contributed by atoms with Gasteiger partial charge in [-0.15, -0.1) is 15.3 Å². The third kappa shape index (κ3) is 5.35. The smallest absolute Gasteiger partial charge is 0.282 e. The Morgan fingerprint density at radius 3 is 2.86 bits per heavy atom. The summed E-state index contributed by atoms with van der Waals surface area (Å²) < 4.78 is 32.0. The summed E-state index contributed by atoms with van der Waals surface area (Å²) in [6.45, 7) is 0.870. The minimum Gasteiger partial charge on any atom is -0.369 e. The van der Waals surface area contributed by atoms with Crippen molar-refractivity contribution >= 4 is 33.9 Å². The third-order valence-corrected chi connectivity index (χ3v) is 6.83. The molecule has 1 N–H and O–H groups in total. The molecule has 2 aliphatic heterocycles. The molecule has 4 heterocycles. The lowest BCUT2D eigenvalue weighted by Crippen LogP contribution is -2.56. The van der Waals surface area contributed by atoms with Crippen molar-refractivity contribution in [3.05, 3.63) is 47.2 Å². The average Bonchev–Trinajstić information content (AvgIpc) is 3.48. The number of Topliss-reactive ketones (excluding diaryl/α,β-unsaturated/α-hetero) is 1. The van der Waals surface area contributed by atoms with Crippen LogP contribution in [-0.4, -0.2) is 76.4 Å². The fourth-order valence-corrected chi connectivity index (χ4v) is 5.10. The van der Waals surface area contributed by atoms with Gasteiger partial charge < -0.3 is 19.9 Å². The van der Waals surface area contributed by atoms with Gasteiger partial charge in [-0.1, -0.05) is 23.5 Å². The fourth-order valence-electron chi connectivity index (χ4n) is 4.28. The van der Waals surface area contributed by atoms with Gasteiger partial charge in [0.1, 0.15) is 11.1 Å². The molecule has 2 atom stereocenters. The summed E-state index contributed by atoms with van der Waals surface area (Å²) in [5.41, 5.74) is 1.27. The molecule has 2 fully saturated rings. The standard InChI is InChI=1S/C22H24F2N8O2S/c1-34-19(14-3-2-4-16(9-14)32-12-22(23,24)13-32)17(33)10-18-28-30-21(35-18)27-15-5-8-31(11-15)20-25-6-7-26-29-20/h2-4,6-7,9,15,19H,5,8,10-13H2,1H3,(H,27,30)/t15-,19+/m1/s1. The first-order valence-corrected chi connectivity index (χ1v) is 12.0. The molecular formula is C22H24F2N8O2S. The van der Waals surface area contributed by atoms with Crippen LogP contribution in [0.4, 0.5) is 25.5 Å². The van der Waals surface area contributed by atoms with Crippen molar-refractivity contribution < 1.29 is 18.3 Å². The summed E-state index contributed by atoms with van der Waals surface area (Å²) in [6, 6.07) is 7.14. The SMILES string of the molecule is CO[C@H](C(=O)Cc1nnc(N[C@@H]2CCN(c3nccnn3)C2)s1)c1cccc(N2CC(F)(F)C2)c1. The molecule has 13 heteroatoms. The second-order valence-corrected chi connectivity index (χ2v) is 9.65. The number of hydrogen-bond acceptors (Lipinski definition) is 11. The van der Waals surface area contributed by atoms with E-state index in [0.717, 1.165) is 13.0 Å². The Bertz CT molecular complexity index is 1170. The predicted octanol–water partition coefficient (Wildman–Crippen LogP) is 2.37. The van der Waals surface area contributed by atoms with E-state index in [1.807, 2.05) is 0 Å². The fraction of sp³-hybridized carbons (Fsp3) is 0.455. The number of benzene rings is 1. The van der Waals surface area contributed by atoms with Crippen molar-refractivity contribution in [1.82, 2.24) is 25.4 Å². The predicted molar refractivity (Wildman–Crippen MR) is 126 cm³/mol. The van der Waals surface area contributed by atoms with Gasteiger partial charge in [0.25, 0.3) is 5.92 Å². The van der Waals surface area contributed by atoms with Crippen LogP contribution in [-0.2, 0) is 16.0 Å². The Morgan fingerprint density at radius 1 is 1.26 bits per heavy atom. The van der Waals surface area contributed by atoms with Crippen molar-refractivity contribution in [3.8, 4) is 0 Å². The number of ketones is 1. The largest absolute Gasteiger partial charge is 0.369 e. The van der Waals surface area contributed by atoms with Crippen molar-refractivity contribution in [3.63, 3.8) is 0 Å². The second kappa shape index (κ2) is 9.74. The van der Waals surface area contributed by atoms with Crippen LogP contribution in [0, 0.1) is 0 Å². The minimum atomic E-state index is -2.67. The number of nitrogens with one attached hydrogen (secondary N) is 1. The Labute approximate surface area is 204 Å². The average molecular weight is 503 g/mol. The Hall–Kier alpha value is -3.32. The number of nitrogens with zero attached hydrogens (tertiary/aromatic N) is 7. The second-order valence-electron chi connectivity index (χ2n) is 8.59. The van der Waals surface area contributed by atoms with Crippen LogP contribution in [0.3, 0.4) is 0 Å². The maximum atomic E-state index is 13.2. The van der Waals surface area contributed by atoms with Crippen LogP contribution in [0.5, 0.6) is 0 Å². The van der Waals surface area contributed by atoms with E-state index < -0.39 is 12.0 Å². The number of alkyl halides is 2. The molecule has 0 bridgehead atoms. The molecule has 10 nitrogen and oxygen atoms in total. The summed E-state index contributed by atoms with van der Waals surface area (Å²) in [6.07, 6.45) is 3.28. The van der Waals surface area contributed by atoms with Crippen LogP contribution in [0.15, 0.2) is 36.7 Å². The van der Waals surface area contributed by atoms with E-state index in [1.165, 1.54) is 24.6 Å². The first-order chi connectivity index (χ1) is 16.9. The summed E-state index contributed by atoms with van der Waals surface area (Å²) >= 11 is 1.33. The Balaban J connectivity index is 1.18. The lowest BCUT2D eigenvalue weighted by Gasteiger charge is -2.40. The molecule has 2 saturated heterocycles. The van der Waals surface area contributed by atoms with E-state index in [-0.39, 0.29) is 31.3 Å². The molecule has 0 unspecified atom stereocenters. The van der Waals surface area contributed by atoms with Gasteiger partial charge in [-0.2, -0.15) is 5.10 Å². The van der Waals surface area contributed by atoms with E-state index in [4.69, 9.17) is 4.74 Å². The maximum absolute atomic E-state index is 13.2. The van der Waals surface area contributed by atoms with Gasteiger partial charge in [0, 0.05) is 31.9 Å². The lowest BCUT2D eigenvalue weighted by atomic mass is 10.0. The first-order valence-electron chi connectivity index (χ1n) is 11.2. The normalized spacial score (nSPS) is 19.9. The van der Waals surface area contributed by atoms with Crippen LogP contribution in [0.25, 0.3) is 0 Å². The molecule has 0 radical (unpaired) electrons. The molecular weight excluding hydrogens is 478 g/mol. The highest BCUT2D eigenvalue weighted by Gasteiger charge is 2.44. The summed E-state index contributed by atoms with van der Waals surface area (Å²) in [5.74, 6) is -2.25. The molecule has 2 aromatic heterocycles.